The fourth-order valence-electron chi connectivity index (χ4n) is 3.07. The van der Waals surface area contributed by atoms with E-state index in [0.717, 1.165) is 24.2 Å². The van der Waals surface area contributed by atoms with Gasteiger partial charge in [-0.3, -0.25) is 9.59 Å². The number of carbonyl (C=O) groups is 2. The molecule has 1 aliphatic rings. The molecular weight excluding hydrogens is 306 g/mol. The van der Waals surface area contributed by atoms with E-state index in [-0.39, 0.29) is 11.8 Å². The molecule has 1 aromatic carbocycles. The highest BCUT2D eigenvalue weighted by Gasteiger charge is 2.36. The number of ether oxygens (including phenoxy) is 1. The van der Waals surface area contributed by atoms with Gasteiger partial charge in [0, 0.05) is 19.5 Å². The number of hydrogen-bond acceptors (Lipinski definition) is 3. The standard InChI is InChI=1S/C19H27NO4/c1-13-7-8-14(2)17(10-13)24-9-5-4-6-18(21)20-11-15(3)16(12-20)19(22)23/h7-8,10,15-16H,4-6,9,11-12H2,1-3H3,(H,22,23)/t15-,16-/m1/s1. The summed E-state index contributed by atoms with van der Waals surface area (Å²) in [7, 11) is 0. The number of carbonyl (C=O) groups excluding carboxylic acids is 1. The van der Waals surface area contributed by atoms with Crippen molar-refractivity contribution in [3.8, 4) is 5.75 Å². The van der Waals surface area contributed by atoms with Crippen LogP contribution < -0.4 is 4.74 Å². The number of likely N-dealkylation sites (tertiary alicyclic amines) is 1. The fraction of sp³-hybridized carbons (Fsp3) is 0.579. The second kappa shape index (κ2) is 8.18. The molecule has 2 atom stereocenters. The molecule has 132 valence electrons. The molecular formula is C19H27NO4. The van der Waals surface area contributed by atoms with Gasteiger partial charge in [-0.1, -0.05) is 19.1 Å². The van der Waals surface area contributed by atoms with Gasteiger partial charge in [0.1, 0.15) is 5.75 Å². The third kappa shape index (κ3) is 4.73. The Kier molecular flexibility index (Phi) is 6.23. The van der Waals surface area contributed by atoms with Crippen molar-refractivity contribution in [3.63, 3.8) is 0 Å². The van der Waals surface area contributed by atoms with Crippen molar-refractivity contribution in [2.45, 2.75) is 40.0 Å². The maximum absolute atomic E-state index is 12.2. The van der Waals surface area contributed by atoms with Crippen LogP contribution in [-0.4, -0.2) is 41.6 Å². The van der Waals surface area contributed by atoms with Crippen molar-refractivity contribution < 1.29 is 19.4 Å². The van der Waals surface area contributed by atoms with Gasteiger partial charge in [-0.25, -0.2) is 0 Å². The predicted octanol–water partition coefficient (Wildman–Crippen LogP) is 3.03. The number of carboxylic acids is 1. The van der Waals surface area contributed by atoms with Gasteiger partial charge in [0.15, 0.2) is 0 Å². The van der Waals surface area contributed by atoms with Crippen molar-refractivity contribution >= 4 is 11.9 Å². The van der Waals surface area contributed by atoms with Gasteiger partial charge in [0.2, 0.25) is 5.91 Å². The molecule has 5 nitrogen and oxygen atoms in total. The minimum Gasteiger partial charge on any atom is -0.493 e. The highest BCUT2D eigenvalue weighted by atomic mass is 16.5. The largest absolute Gasteiger partial charge is 0.493 e. The van der Waals surface area contributed by atoms with Crippen molar-refractivity contribution in [2.75, 3.05) is 19.7 Å². The Balaban J connectivity index is 1.68. The number of nitrogens with zero attached hydrogens (tertiary/aromatic N) is 1. The van der Waals surface area contributed by atoms with E-state index in [2.05, 4.69) is 6.07 Å². The molecule has 0 aromatic heterocycles. The fourth-order valence-corrected chi connectivity index (χ4v) is 3.07. The molecule has 0 aliphatic carbocycles. The smallest absolute Gasteiger partial charge is 0.308 e. The van der Waals surface area contributed by atoms with E-state index in [1.807, 2.05) is 32.9 Å². The lowest BCUT2D eigenvalue weighted by atomic mass is 9.99. The van der Waals surface area contributed by atoms with Crippen LogP contribution in [0, 0.1) is 25.7 Å². The first kappa shape index (κ1) is 18.3. The Hall–Kier alpha value is -2.04. The molecule has 0 radical (unpaired) electrons. The Bertz CT molecular complexity index is 599. The van der Waals surface area contributed by atoms with Crippen LogP contribution in [0.3, 0.4) is 0 Å². The summed E-state index contributed by atoms with van der Waals surface area (Å²) in [4.78, 5) is 25.0. The number of aryl methyl sites for hydroxylation is 2. The van der Waals surface area contributed by atoms with Crippen LogP contribution in [0.15, 0.2) is 18.2 Å². The molecule has 1 heterocycles. The quantitative estimate of drug-likeness (QED) is 0.779. The Labute approximate surface area is 143 Å². The van der Waals surface area contributed by atoms with Crippen LogP contribution in [0.5, 0.6) is 5.75 Å². The van der Waals surface area contributed by atoms with Gasteiger partial charge in [-0.2, -0.15) is 0 Å². The minimum absolute atomic E-state index is 0.0269. The van der Waals surface area contributed by atoms with Gasteiger partial charge in [0.25, 0.3) is 0 Å². The SMILES string of the molecule is Cc1ccc(C)c(OCCCCC(=O)N2C[C@@H](C)[C@H](C(=O)O)C2)c1. The number of amides is 1. The molecule has 5 heteroatoms. The summed E-state index contributed by atoms with van der Waals surface area (Å²) in [5.41, 5.74) is 2.28. The predicted molar refractivity (Wildman–Crippen MR) is 92.1 cm³/mol. The highest BCUT2D eigenvalue weighted by Crippen LogP contribution is 2.24. The van der Waals surface area contributed by atoms with Crippen molar-refractivity contribution in [1.29, 1.82) is 0 Å². The summed E-state index contributed by atoms with van der Waals surface area (Å²) in [5, 5.41) is 9.12. The van der Waals surface area contributed by atoms with Gasteiger partial charge < -0.3 is 14.7 Å². The van der Waals surface area contributed by atoms with E-state index in [1.165, 1.54) is 5.56 Å². The lowest BCUT2D eigenvalue weighted by molar-refractivity contribution is -0.142. The summed E-state index contributed by atoms with van der Waals surface area (Å²) < 4.78 is 5.79. The molecule has 1 N–H and O–H groups in total. The topological polar surface area (TPSA) is 66.8 Å². The lowest BCUT2D eigenvalue weighted by Crippen LogP contribution is -2.29. The second-order valence-corrected chi connectivity index (χ2v) is 6.80. The summed E-state index contributed by atoms with van der Waals surface area (Å²) >= 11 is 0. The maximum Gasteiger partial charge on any atom is 0.308 e. The average molecular weight is 333 g/mol. The molecule has 1 amide bonds. The third-order valence-electron chi connectivity index (χ3n) is 4.67. The lowest BCUT2D eigenvalue weighted by Gasteiger charge is -2.16. The molecule has 0 bridgehead atoms. The zero-order valence-corrected chi connectivity index (χ0v) is 14.7. The van der Waals surface area contributed by atoms with Crippen LogP contribution in [0.2, 0.25) is 0 Å². The number of hydrogen-bond donors (Lipinski definition) is 1. The first-order valence-electron chi connectivity index (χ1n) is 8.59. The minimum atomic E-state index is -0.806. The van der Waals surface area contributed by atoms with Crippen LogP contribution >= 0.6 is 0 Å². The first-order chi connectivity index (χ1) is 11.4. The van der Waals surface area contributed by atoms with Crippen LogP contribution in [0.1, 0.15) is 37.3 Å². The van der Waals surface area contributed by atoms with E-state index in [4.69, 9.17) is 9.84 Å². The molecule has 24 heavy (non-hydrogen) atoms. The first-order valence-corrected chi connectivity index (χ1v) is 8.59. The maximum atomic E-state index is 12.2. The third-order valence-corrected chi connectivity index (χ3v) is 4.67. The summed E-state index contributed by atoms with van der Waals surface area (Å²) in [6.45, 7) is 7.43. The molecule has 1 fully saturated rings. The zero-order valence-electron chi connectivity index (χ0n) is 14.7. The number of unbranched alkanes of at least 4 members (excludes halogenated alkanes) is 1. The van der Waals surface area contributed by atoms with Crippen molar-refractivity contribution in [2.24, 2.45) is 11.8 Å². The van der Waals surface area contributed by atoms with Crippen LogP contribution in [0.4, 0.5) is 0 Å². The molecule has 0 unspecified atom stereocenters. The van der Waals surface area contributed by atoms with Gasteiger partial charge in [-0.05, 0) is 49.8 Å². The van der Waals surface area contributed by atoms with Gasteiger partial charge in [-0.15, -0.1) is 0 Å². The van der Waals surface area contributed by atoms with E-state index in [0.29, 0.717) is 26.1 Å². The average Bonchev–Trinajstić information content (AvgIpc) is 2.92. The number of aliphatic carboxylic acids is 1. The molecule has 0 spiro atoms. The Morgan fingerprint density at radius 2 is 2.00 bits per heavy atom. The molecule has 1 aliphatic heterocycles. The monoisotopic (exact) mass is 333 g/mol. The van der Waals surface area contributed by atoms with E-state index in [9.17, 15) is 9.59 Å². The summed E-state index contributed by atoms with van der Waals surface area (Å²) in [6.07, 6.45) is 2.02. The molecule has 1 aromatic rings. The number of benzene rings is 1. The van der Waals surface area contributed by atoms with Crippen LogP contribution in [0.25, 0.3) is 0 Å². The molecule has 2 rings (SSSR count). The molecule has 0 saturated carbocycles. The van der Waals surface area contributed by atoms with E-state index < -0.39 is 11.9 Å². The van der Waals surface area contributed by atoms with Gasteiger partial charge in [0.05, 0.1) is 12.5 Å². The highest BCUT2D eigenvalue weighted by molar-refractivity contribution is 5.78. The van der Waals surface area contributed by atoms with E-state index >= 15 is 0 Å². The summed E-state index contributed by atoms with van der Waals surface area (Å²) in [5.74, 6) is -0.253. The second-order valence-electron chi connectivity index (χ2n) is 6.80. The molecule has 1 saturated heterocycles. The van der Waals surface area contributed by atoms with Crippen LogP contribution in [-0.2, 0) is 9.59 Å². The van der Waals surface area contributed by atoms with E-state index in [1.54, 1.807) is 4.90 Å². The normalized spacial score (nSPS) is 20.2. The number of carboxylic acid groups (broad SMARTS) is 1. The number of rotatable bonds is 7. The Morgan fingerprint density at radius 1 is 1.25 bits per heavy atom. The Morgan fingerprint density at radius 3 is 2.67 bits per heavy atom. The van der Waals surface area contributed by atoms with Crippen molar-refractivity contribution in [3.05, 3.63) is 29.3 Å². The van der Waals surface area contributed by atoms with Gasteiger partial charge >= 0.3 is 5.97 Å². The summed E-state index contributed by atoms with van der Waals surface area (Å²) in [6, 6.07) is 6.13. The zero-order chi connectivity index (χ0) is 17.7. The van der Waals surface area contributed by atoms with Crippen molar-refractivity contribution in [1.82, 2.24) is 4.90 Å².